The van der Waals surface area contributed by atoms with Crippen LogP contribution in [0.2, 0.25) is 0 Å². The van der Waals surface area contributed by atoms with E-state index in [1.54, 1.807) is 6.92 Å². The number of hydrogen-bond donors (Lipinski definition) is 1. The average Bonchev–Trinajstić information content (AvgIpc) is 2.50. The van der Waals surface area contributed by atoms with Gasteiger partial charge in [0, 0.05) is 18.4 Å². The molecule has 1 N–H and O–H groups in total. The van der Waals surface area contributed by atoms with Crippen LogP contribution in [-0.2, 0) is 9.53 Å². The Kier molecular flexibility index (Phi) is 5.25. The zero-order chi connectivity index (χ0) is 15.2. The molecule has 1 aromatic heterocycles. The molecule has 1 fully saturated rings. The molecular formula is C15H21N3O3. The number of aromatic nitrogens is 2. The van der Waals surface area contributed by atoms with Gasteiger partial charge in [0.1, 0.15) is 0 Å². The van der Waals surface area contributed by atoms with Crippen LogP contribution in [0.5, 0.6) is 0 Å². The third-order valence-electron chi connectivity index (χ3n) is 3.86. The summed E-state index contributed by atoms with van der Waals surface area (Å²) in [7, 11) is 0. The van der Waals surface area contributed by atoms with Crippen LogP contribution in [0.3, 0.4) is 0 Å². The molecule has 0 aromatic carbocycles. The maximum Gasteiger partial charge on any atom is 0.359 e. The Labute approximate surface area is 124 Å². The van der Waals surface area contributed by atoms with E-state index in [2.05, 4.69) is 22.2 Å². The van der Waals surface area contributed by atoms with Crippen molar-refractivity contribution < 1.29 is 14.3 Å². The highest BCUT2D eigenvalue weighted by molar-refractivity contribution is 5.90. The van der Waals surface area contributed by atoms with Gasteiger partial charge in [-0.3, -0.25) is 9.78 Å². The molecule has 0 saturated heterocycles. The summed E-state index contributed by atoms with van der Waals surface area (Å²) in [5.74, 6) is -0.431. The molecule has 114 valence electrons. The number of hydrogen-bond acceptors (Lipinski definition) is 5. The number of carbonyl (C=O) groups is 2. The van der Waals surface area contributed by atoms with Crippen molar-refractivity contribution in [2.45, 2.75) is 51.7 Å². The number of esters is 1. The fourth-order valence-electron chi connectivity index (χ4n) is 2.51. The highest BCUT2D eigenvalue weighted by atomic mass is 16.5. The predicted octanol–water partition coefficient (Wildman–Crippen LogP) is 1.72. The van der Waals surface area contributed by atoms with Crippen LogP contribution in [0, 0.1) is 5.92 Å². The zero-order valence-corrected chi connectivity index (χ0v) is 12.4. The molecule has 0 unspecified atom stereocenters. The van der Waals surface area contributed by atoms with Crippen LogP contribution >= 0.6 is 0 Å². The van der Waals surface area contributed by atoms with Gasteiger partial charge in [-0.1, -0.05) is 19.8 Å². The highest BCUT2D eigenvalue weighted by Crippen LogP contribution is 2.23. The first kappa shape index (κ1) is 15.4. The van der Waals surface area contributed by atoms with Gasteiger partial charge >= 0.3 is 5.97 Å². The first-order chi connectivity index (χ1) is 10.1. The average molecular weight is 291 g/mol. The Morgan fingerprint density at radius 1 is 1.33 bits per heavy atom. The van der Waals surface area contributed by atoms with Crippen LogP contribution in [0.25, 0.3) is 0 Å². The summed E-state index contributed by atoms with van der Waals surface area (Å²) in [5.41, 5.74) is 0.100. The normalized spacial score (nSPS) is 23.1. The van der Waals surface area contributed by atoms with Crippen LogP contribution in [-0.4, -0.2) is 34.0 Å². The Balaban J connectivity index is 1.86. The van der Waals surface area contributed by atoms with Gasteiger partial charge in [-0.05, 0) is 25.7 Å². The van der Waals surface area contributed by atoms with Crippen LogP contribution < -0.4 is 5.32 Å². The van der Waals surface area contributed by atoms with E-state index in [0.29, 0.717) is 5.92 Å². The third kappa shape index (κ3) is 4.24. The smallest absolute Gasteiger partial charge is 0.359 e. The van der Waals surface area contributed by atoms with Gasteiger partial charge in [-0.2, -0.15) is 0 Å². The van der Waals surface area contributed by atoms with Gasteiger partial charge < -0.3 is 10.1 Å². The van der Waals surface area contributed by atoms with Gasteiger partial charge in [0.2, 0.25) is 0 Å². The van der Waals surface area contributed by atoms with Crippen molar-refractivity contribution in [2.24, 2.45) is 5.92 Å². The minimum Gasteiger partial charge on any atom is -0.448 e. The Bertz CT molecular complexity index is 492. The Morgan fingerprint density at radius 2 is 2.10 bits per heavy atom. The van der Waals surface area contributed by atoms with Gasteiger partial charge in [-0.25, -0.2) is 9.78 Å². The van der Waals surface area contributed by atoms with Crippen LogP contribution in [0.4, 0.5) is 0 Å². The second-order valence-corrected chi connectivity index (χ2v) is 5.52. The number of ether oxygens (including phenoxy) is 1. The molecule has 1 heterocycles. The van der Waals surface area contributed by atoms with Crippen molar-refractivity contribution in [3.8, 4) is 0 Å². The maximum absolute atomic E-state index is 12.1. The fourth-order valence-corrected chi connectivity index (χ4v) is 2.51. The van der Waals surface area contributed by atoms with Crippen molar-refractivity contribution in [2.75, 3.05) is 0 Å². The molecule has 1 amide bonds. The number of nitrogens with zero attached hydrogens (tertiary/aromatic N) is 2. The summed E-state index contributed by atoms with van der Waals surface area (Å²) in [6.45, 7) is 3.71. The number of nitrogens with one attached hydrogen (secondary N) is 1. The van der Waals surface area contributed by atoms with E-state index in [0.717, 1.165) is 19.3 Å². The number of amides is 1. The molecule has 2 rings (SSSR count). The molecule has 1 aromatic rings. The molecule has 6 nitrogen and oxygen atoms in total. The first-order valence-electron chi connectivity index (χ1n) is 7.35. The van der Waals surface area contributed by atoms with E-state index in [-0.39, 0.29) is 17.6 Å². The molecule has 1 saturated carbocycles. The van der Waals surface area contributed by atoms with Gasteiger partial charge in [0.05, 0.1) is 6.20 Å². The first-order valence-corrected chi connectivity index (χ1v) is 7.35. The molecule has 0 spiro atoms. The molecule has 0 radical (unpaired) electrons. The topological polar surface area (TPSA) is 81.2 Å². The SMILES string of the molecule is C[C@@H]1CCCC[C@@H]1NC(=O)[C@@H](C)OC(=O)c1cnccn1. The standard InChI is InChI=1S/C15H21N3O3/c1-10-5-3-4-6-12(10)18-14(19)11(2)21-15(20)13-9-16-7-8-17-13/h7-12H,3-6H2,1-2H3,(H,18,19)/t10-,11-,12+/m1/s1. The highest BCUT2D eigenvalue weighted by Gasteiger charge is 2.26. The monoisotopic (exact) mass is 291 g/mol. The Morgan fingerprint density at radius 3 is 2.76 bits per heavy atom. The van der Waals surface area contributed by atoms with Gasteiger partial charge in [-0.15, -0.1) is 0 Å². The number of carbonyl (C=O) groups excluding carboxylic acids is 2. The van der Waals surface area contributed by atoms with E-state index in [1.807, 2.05) is 0 Å². The van der Waals surface area contributed by atoms with Gasteiger partial charge in [0.25, 0.3) is 5.91 Å². The van der Waals surface area contributed by atoms with Gasteiger partial charge in [0.15, 0.2) is 11.8 Å². The molecule has 3 atom stereocenters. The minimum atomic E-state index is -0.839. The van der Waals surface area contributed by atoms with E-state index < -0.39 is 12.1 Å². The summed E-state index contributed by atoms with van der Waals surface area (Å²) in [4.78, 5) is 31.6. The molecular weight excluding hydrogens is 270 g/mol. The lowest BCUT2D eigenvalue weighted by molar-refractivity contribution is -0.130. The van der Waals surface area contributed by atoms with Crippen molar-refractivity contribution in [3.63, 3.8) is 0 Å². The summed E-state index contributed by atoms with van der Waals surface area (Å²) >= 11 is 0. The minimum absolute atomic E-state index is 0.100. The predicted molar refractivity (Wildman–Crippen MR) is 76.5 cm³/mol. The fraction of sp³-hybridized carbons (Fsp3) is 0.600. The molecule has 1 aliphatic rings. The molecule has 6 heteroatoms. The molecule has 1 aliphatic carbocycles. The van der Waals surface area contributed by atoms with E-state index in [4.69, 9.17) is 4.74 Å². The van der Waals surface area contributed by atoms with Crippen molar-refractivity contribution in [1.29, 1.82) is 0 Å². The third-order valence-corrected chi connectivity index (χ3v) is 3.86. The summed E-state index contributed by atoms with van der Waals surface area (Å²) in [5, 5.41) is 2.97. The molecule has 21 heavy (non-hydrogen) atoms. The van der Waals surface area contributed by atoms with Crippen molar-refractivity contribution in [3.05, 3.63) is 24.3 Å². The van der Waals surface area contributed by atoms with Crippen molar-refractivity contribution in [1.82, 2.24) is 15.3 Å². The molecule has 0 bridgehead atoms. The van der Waals surface area contributed by atoms with E-state index in [1.165, 1.54) is 25.0 Å². The Hall–Kier alpha value is -1.98. The summed E-state index contributed by atoms with van der Waals surface area (Å²) in [6, 6.07) is 0.170. The maximum atomic E-state index is 12.1. The van der Waals surface area contributed by atoms with E-state index in [9.17, 15) is 9.59 Å². The largest absolute Gasteiger partial charge is 0.448 e. The summed E-state index contributed by atoms with van der Waals surface area (Å²) < 4.78 is 5.12. The van der Waals surface area contributed by atoms with E-state index >= 15 is 0 Å². The number of rotatable bonds is 4. The second-order valence-electron chi connectivity index (χ2n) is 5.52. The van der Waals surface area contributed by atoms with Crippen LogP contribution in [0.1, 0.15) is 50.0 Å². The van der Waals surface area contributed by atoms with Crippen LogP contribution in [0.15, 0.2) is 18.6 Å². The second kappa shape index (κ2) is 7.15. The van der Waals surface area contributed by atoms with Crippen molar-refractivity contribution >= 4 is 11.9 Å². The summed E-state index contributed by atoms with van der Waals surface area (Å²) in [6.07, 6.45) is 7.80. The quantitative estimate of drug-likeness (QED) is 0.854. The molecule has 0 aliphatic heterocycles. The lowest BCUT2D eigenvalue weighted by atomic mass is 9.86. The lowest BCUT2D eigenvalue weighted by Crippen LogP contribution is -2.46. The zero-order valence-electron chi connectivity index (χ0n) is 12.4. The lowest BCUT2D eigenvalue weighted by Gasteiger charge is -2.30.